The first-order chi connectivity index (χ1) is 2.81. The van der Waals surface area contributed by atoms with Crippen molar-refractivity contribution in [2.24, 2.45) is 5.84 Å². The van der Waals surface area contributed by atoms with E-state index < -0.39 is 0 Å². The minimum absolute atomic E-state index is 0. The van der Waals surface area contributed by atoms with Crippen LogP contribution in [0.3, 0.4) is 0 Å². The fraction of sp³-hybridized carbons (Fsp3) is 0.333. The molecule has 0 spiro atoms. The Hall–Kier alpha value is 0.240. The van der Waals surface area contributed by atoms with Crippen LogP contribution in [-0.4, -0.2) is 5.50 Å². The van der Waals surface area contributed by atoms with E-state index in [2.05, 4.69) is 12.0 Å². The smallest absolute Gasteiger partial charge is 0.113 e. The van der Waals surface area contributed by atoms with Gasteiger partial charge < -0.3 is 0 Å². The fourth-order valence-electron chi connectivity index (χ4n) is 0.0680. The molecular weight excluding hydrogens is 135 g/mol. The van der Waals surface area contributed by atoms with Crippen molar-refractivity contribution in [1.82, 2.24) is 5.43 Å². The third-order valence-electron chi connectivity index (χ3n) is 0.366. The van der Waals surface area contributed by atoms with E-state index in [1.165, 1.54) is 6.08 Å². The third kappa shape index (κ3) is 6.24. The molecule has 2 nitrogen and oxygen atoms in total. The summed E-state index contributed by atoms with van der Waals surface area (Å²) in [5.74, 6) is 4.83. The number of alkyl halides is 1. The van der Waals surface area contributed by atoms with Crippen molar-refractivity contribution in [2.45, 2.75) is 5.50 Å². The highest BCUT2D eigenvalue weighted by Gasteiger charge is 1.85. The monoisotopic (exact) mass is 142 g/mol. The molecule has 0 heterocycles. The number of nitrogens with one attached hydrogen (secondary N) is 1. The minimum atomic E-state index is -0.301. The van der Waals surface area contributed by atoms with Gasteiger partial charge in [0.2, 0.25) is 0 Å². The highest BCUT2D eigenvalue weighted by molar-refractivity contribution is 6.21. The van der Waals surface area contributed by atoms with Crippen LogP contribution in [0.1, 0.15) is 0 Å². The molecule has 0 aromatic carbocycles. The van der Waals surface area contributed by atoms with Gasteiger partial charge in [-0.25, -0.2) is 5.43 Å². The number of nitrogens with two attached hydrogens (primary N) is 1. The summed E-state index contributed by atoms with van der Waals surface area (Å²) in [4.78, 5) is 0. The van der Waals surface area contributed by atoms with Crippen molar-refractivity contribution in [2.75, 3.05) is 0 Å². The van der Waals surface area contributed by atoms with Gasteiger partial charge in [-0.3, -0.25) is 5.84 Å². The van der Waals surface area contributed by atoms with E-state index in [4.69, 9.17) is 17.4 Å². The van der Waals surface area contributed by atoms with Crippen LogP contribution in [0.2, 0.25) is 0 Å². The predicted octanol–water partition coefficient (Wildman–Crippen LogP) is 0.622. The molecule has 0 aliphatic rings. The molecule has 7 heavy (non-hydrogen) atoms. The summed E-state index contributed by atoms with van der Waals surface area (Å²) in [6.07, 6.45) is 1.50. The standard InChI is InChI=1S/C3H7ClN2.ClH/c1-2-3(4)6-5;/h2-3,6H,1,5H2;1H. The van der Waals surface area contributed by atoms with Gasteiger partial charge in [-0.2, -0.15) is 0 Å². The average Bonchev–Trinajstić information content (AvgIpc) is 1.65. The van der Waals surface area contributed by atoms with Gasteiger partial charge in [0, 0.05) is 0 Å². The van der Waals surface area contributed by atoms with E-state index >= 15 is 0 Å². The topological polar surface area (TPSA) is 38.0 Å². The molecule has 3 N–H and O–H groups in total. The minimum Gasteiger partial charge on any atom is -0.270 e. The first kappa shape index (κ1) is 10.3. The number of halogens is 2. The van der Waals surface area contributed by atoms with Crippen molar-refractivity contribution in [3.05, 3.63) is 12.7 Å². The van der Waals surface area contributed by atoms with E-state index in [0.717, 1.165) is 0 Å². The van der Waals surface area contributed by atoms with Gasteiger partial charge in [0.15, 0.2) is 0 Å². The average molecular weight is 143 g/mol. The number of hydrazine groups is 1. The SMILES string of the molecule is C=CC(Cl)NN.Cl. The van der Waals surface area contributed by atoms with E-state index in [-0.39, 0.29) is 17.9 Å². The van der Waals surface area contributed by atoms with Gasteiger partial charge >= 0.3 is 0 Å². The lowest BCUT2D eigenvalue weighted by molar-refractivity contribution is 0.773. The molecule has 0 radical (unpaired) electrons. The maximum Gasteiger partial charge on any atom is 0.113 e. The van der Waals surface area contributed by atoms with Crippen LogP contribution in [-0.2, 0) is 0 Å². The van der Waals surface area contributed by atoms with Crippen LogP contribution < -0.4 is 11.3 Å². The molecule has 0 aromatic heterocycles. The van der Waals surface area contributed by atoms with Crippen molar-refractivity contribution in [3.63, 3.8) is 0 Å². The van der Waals surface area contributed by atoms with Crippen molar-refractivity contribution in [3.8, 4) is 0 Å². The molecule has 0 saturated heterocycles. The Bertz CT molecular complexity index is 48.2. The van der Waals surface area contributed by atoms with E-state index in [0.29, 0.717) is 0 Å². The van der Waals surface area contributed by atoms with Gasteiger partial charge in [0.1, 0.15) is 5.50 Å². The second-order valence-electron chi connectivity index (χ2n) is 0.804. The van der Waals surface area contributed by atoms with E-state index in [9.17, 15) is 0 Å². The van der Waals surface area contributed by atoms with Crippen LogP contribution in [0.5, 0.6) is 0 Å². The Morgan fingerprint density at radius 3 is 2.29 bits per heavy atom. The summed E-state index contributed by atoms with van der Waals surface area (Å²) >= 11 is 5.30. The van der Waals surface area contributed by atoms with Gasteiger partial charge in [0.05, 0.1) is 0 Å². The van der Waals surface area contributed by atoms with Crippen molar-refractivity contribution >= 4 is 24.0 Å². The Balaban J connectivity index is 0. The molecule has 0 saturated carbocycles. The second-order valence-corrected chi connectivity index (χ2v) is 1.27. The first-order valence-corrected chi connectivity index (χ1v) is 1.97. The second kappa shape index (κ2) is 6.24. The van der Waals surface area contributed by atoms with E-state index in [1.54, 1.807) is 0 Å². The molecule has 1 unspecified atom stereocenters. The summed E-state index contributed by atoms with van der Waals surface area (Å²) in [5, 5.41) is 0. The zero-order chi connectivity index (χ0) is 4.99. The Morgan fingerprint density at radius 1 is 1.86 bits per heavy atom. The molecule has 0 amide bonds. The lowest BCUT2D eigenvalue weighted by Gasteiger charge is -1.95. The molecule has 1 atom stereocenters. The largest absolute Gasteiger partial charge is 0.270 e. The van der Waals surface area contributed by atoms with Crippen LogP contribution >= 0.6 is 24.0 Å². The van der Waals surface area contributed by atoms with Gasteiger partial charge in [-0.15, -0.1) is 19.0 Å². The first-order valence-electron chi connectivity index (χ1n) is 1.54. The lowest BCUT2D eigenvalue weighted by Crippen LogP contribution is -2.28. The van der Waals surface area contributed by atoms with Crippen molar-refractivity contribution in [1.29, 1.82) is 0 Å². The number of hydrogen-bond donors (Lipinski definition) is 2. The zero-order valence-corrected chi connectivity index (χ0v) is 5.30. The summed E-state index contributed by atoms with van der Waals surface area (Å²) in [5.41, 5.74) is 1.96. The van der Waals surface area contributed by atoms with Crippen LogP contribution in [0.15, 0.2) is 12.7 Å². The summed E-state index contributed by atoms with van der Waals surface area (Å²) in [6.45, 7) is 3.36. The summed E-state index contributed by atoms with van der Waals surface area (Å²) < 4.78 is 0. The number of hydrogen-bond acceptors (Lipinski definition) is 2. The van der Waals surface area contributed by atoms with Crippen LogP contribution in [0.25, 0.3) is 0 Å². The van der Waals surface area contributed by atoms with Gasteiger partial charge in [-0.1, -0.05) is 17.7 Å². The number of rotatable bonds is 2. The van der Waals surface area contributed by atoms with E-state index in [1.807, 2.05) is 0 Å². The molecule has 0 bridgehead atoms. The third-order valence-corrected chi connectivity index (χ3v) is 0.670. The van der Waals surface area contributed by atoms with Gasteiger partial charge in [0.25, 0.3) is 0 Å². The lowest BCUT2D eigenvalue weighted by atomic mass is 10.6. The zero-order valence-electron chi connectivity index (χ0n) is 3.73. The normalized spacial score (nSPS) is 11.7. The quantitative estimate of drug-likeness (QED) is 0.195. The molecule has 0 aromatic rings. The molecule has 0 fully saturated rings. The van der Waals surface area contributed by atoms with Crippen LogP contribution in [0, 0.1) is 0 Å². The molecule has 0 rings (SSSR count). The summed E-state index contributed by atoms with van der Waals surface area (Å²) in [7, 11) is 0. The molecular formula is C3H8Cl2N2. The maximum absolute atomic E-state index is 5.30. The van der Waals surface area contributed by atoms with Crippen molar-refractivity contribution < 1.29 is 0 Å². The molecule has 0 aliphatic carbocycles. The Morgan fingerprint density at radius 2 is 2.29 bits per heavy atom. The van der Waals surface area contributed by atoms with Gasteiger partial charge in [-0.05, 0) is 0 Å². The fourth-order valence-corrected chi connectivity index (χ4v) is 0.0680. The Labute approximate surface area is 54.1 Å². The summed E-state index contributed by atoms with van der Waals surface area (Å²) in [6, 6.07) is 0. The van der Waals surface area contributed by atoms with Crippen LogP contribution in [0.4, 0.5) is 0 Å². The predicted molar refractivity (Wildman–Crippen MR) is 34.4 cm³/mol. The molecule has 0 aliphatic heterocycles. The maximum atomic E-state index is 5.30. The molecule has 4 heteroatoms. The Kier molecular flexibility index (Phi) is 9.15. The highest BCUT2D eigenvalue weighted by atomic mass is 35.5. The highest BCUT2D eigenvalue weighted by Crippen LogP contribution is 1.84. The molecule has 44 valence electrons.